The van der Waals surface area contributed by atoms with Crippen molar-refractivity contribution in [3.63, 3.8) is 0 Å². The molecule has 0 bridgehead atoms. The maximum absolute atomic E-state index is 14.1. The number of amides is 1. The maximum Gasteiger partial charge on any atom is 0.251 e. The van der Waals surface area contributed by atoms with Crippen molar-refractivity contribution in [1.82, 2.24) is 5.32 Å². The largest absolute Gasteiger partial charge is 0.491 e. The van der Waals surface area contributed by atoms with Gasteiger partial charge in [-0.2, -0.15) is 0 Å². The first-order valence-electron chi connectivity index (χ1n) is 8.21. The van der Waals surface area contributed by atoms with Gasteiger partial charge in [0.25, 0.3) is 5.91 Å². The lowest BCUT2D eigenvalue weighted by molar-refractivity contribution is 0.000388. The van der Waals surface area contributed by atoms with Crippen LogP contribution in [0.4, 0.5) is 4.39 Å². The van der Waals surface area contributed by atoms with E-state index in [1.54, 1.807) is 49.4 Å². The number of carbonyl (C=O) groups excluding carboxylic acids is 1. The van der Waals surface area contributed by atoms with E-state index in [1.807, 2.05) is 13.8 Å². The van der Waals surface area contributed by atoms with Crippen LogP contribution in [0.5, 0.6) is 5.75 Å². The first-order chi connectivity index (χ1) is 11.9. The van der Waals surface area contributed by atoms with Crippen molar-refractivity contribution in [2.45, 2.75) is 32.5 Å². The lowest BCUT2D eigenvalue weighted by atomic mass is 9.95. The Morgan fingerprint density at radius 1 is 1.16 bits per heavy atom. The van der Waals surface area contributed by atoms with E-state index < -0.39 is 5.60 Å². The molecule has 2 aromatic carbocycles. The van der Waals surface area contributed by atoms with Crippen LogP contribution < -0.4 is 10.1 Å². The minimum atomic E-state index is -0.957. The van der Waals surface area contributed by atoms with E-state index in [1.165, 1.54) is 13.2 Å². The molecule has 0 saturated carbocycles. The number of ether oxygens (including phenoxy) is 2. The Bertz CT molecular complexity index is 715. The first-order valence-corrected chi connectivity index (χ1v) is 8.21. The highest BCUT2D eigenvalue weighted by Crippen LogP contribution is 2.26. The van der Waals surface area contributed by atoms with E-state index in [9.17, 15) is 9.18 Å². The van der Waals surface area contributed by atoms with Gasteiger partial charge in [0, 0.05) is 18.2 Å². The number of benzene rings is 2. The van der Waals surface area contributed by atoms with Gasteiger partial charge in [-0.05, 0) is 51.1 Å². The minimum Gasteiger partial charge on any atom is -0.491 e. The fraction of sp³-hybridized carbons (Fsp3) is 0.350. The highest BCUT2D eigenvalue weighted by atomic mass is 19.1. The molecule has 1 N–H and O–H groups in total. The SMILES string of the molecule is COC(C)(CNC(=O)c1ccc(OC(C)C)cc1)c1ccccc1F. The molecule has 0 saturated heterocycles. The maximum atomic E-state index is 14.1. The molecule has 0 aliphatic heterocycles. The monoisotopic (exact) mass is 345 g/mol. The minimum absolute atomic E-state index is 0.0721. The molecule has 1 amide bonds. The molecule has 1 unspecified atom stereocenters. The lowest BCUT2D eigenvalue weighted by Gasteiger charge is -2.29. The molecule has 2 aromatic rings. The predicted octanol–water partition coefficient (Wildman–Crippen LogP) is 3.90. The molecule has 0 aliphatic rings. The molecule has 0 aliphatic carbocycles. The number of halogens is 1. The molecule has 5 heteroatoms. The van der Waals surface area contributed by atoms with Gasteiger partial charge in [0.15, 0.2) is 0 Å². The van der Waals surface area contributed by atoms with Gasteiger partial charge in [0.05, 0.1) is 12.6 Å². The van der Waals surface area contributed by atoms with Gasteiger partial charge in [-0.3, -0.25) is 4.79 Å². The smallest absolute Gasteiger partial charge is 0.251 e. The number of rotatable bonds is 7. The van der Waals surface area contributed by atoms with Crippen molar-refractivity contribution in [2.75, 3.05) is 13.7 Å². The second-order valence-electron chi connectivity index (χ2n) is 6.29. The Kier molecular flexibility index (Phi) is 6.15. The Morgan fingerprint density at radius 2 is 1.80 bits per heavy atom. The van der Waals surface area contributed by atoms with Crippen molar-refractivity contribution in [3.8, 4) is 5.75 Å². The number of carbonyl (C=O) groups is 1. The highest BCUT2D eigenvalue weighted by molar-refractivity contribution is 5.94. The van der Waals surface area contributed by atoms with Crippen molar-refractivity contribution >= 4 is 5.91 Å². The van der Waals surface area contributed by atoms with Crippen molar-refractivity contribution in [3.05, 3.63) is 65.5 Å². The summed E-state index contributed by atoms with van der Waals surface area (Å²) < 4.78 is 25.1. The van der Waals surface area contributed by atoms with Crippen LogP contribution in [0.15, 0.2) is 48.5 Å². The normalized spacial score (nSPS) is 13.4. The van der Waals surface area contributed by atoms with Crippen LogP contribution in [-0.2, 0) is 10.3 Å². The number of hydrogen-bond acceptors (Lipinski definition) is 3. The number of nitrogens with one attached hydrogen (secondary N) is 1. The molecule has 0 heterocycles. The van der Waals surface area contributed by atoms with E-state index >= 15 is 0 Å². The van der Waals surface area contributed by atoms with Crippen LogP contribution in [0.25, 0.3) is 0 Å². The quantitative estimate of drug-likeness (QED) is 0.828. The zero-order chi connectivity index (χ0) is 18.4. The molecule has 0 aromatic heterocycles. The fourth-order valence-corrected chi connectivity index (χ4v) is 2.48. The molecule has 134 valence electrons. The summed E-state index contributed by atoms with van der Waals surface area (Å²) in [6, 6.07) is 13.3. The first kappa shape index (κ1) is 18.9. The standard InChI is InChI=1S/C20H24FNO3/c1-14(2)25-16-11-9-15(10-12-16)19(23)22-13-20(3,24-4)17-7-5-6-8-18(17)21/h5-12,14H,13H2,1-4H3,(H,22,23). The van der Waals surface area contributed by atoms with Crippen LogP contribution in [-0.4, -0.2) is 25.7 Å². The zero-order valence-electron chi connectivity index (χ0n) is 15.0. The van der Waals surface area contributed by atoms with Crippen LogP contribution >= 0.6 is 0 Å². The molecule has 25 heavy (non-hydrogen) atoms. The van der Waals surface area contributed by atoms with Gasteiger partial charge in [-0.15, -0.1) is 0 Å². The average molecular weight is 345 g/mol. The van der Waals surface area contributed by atoms with Crippen LogP contribution in [0.3, 0.4) is 0 Å². The van der Waals surface area contributed by atoms with Gasteiger partial charge >= 0.3 is 0 Å². The Balaban J connectivity index is 2.06. The highest BCUT2D eigenvalue weighted by Gasteiger charge is 2.29. The summed E-state index contributed by atoms with van der Waals surface area (Å²) >= 11 is 0. The van der Waals surface area contributed by atoms with E-state index in [-0.39, 0.29) is 24.4 Å². The van der Waals surface area contributed by atoms with E-state index in [0.717, 1.165) is 0 Å². The number of hydrogen-bond donors (Lipinski definition) is 1. The average Bonchev–Trinajstić information content (AvgIpc) is 2.60. The lowest BCUT2D eigenvalue weighted by Crippen LogP contribution is -2.40. The molecule has 2 rings (SSSR count). The summed E-state index contributed by atoms with van der Waals surface area (Å²) in [7, 11) is 1.50. The predicted molar refractivity (Wildman–Crippen MR) is 95.3 cm³/mol. The Morgan fingerprint density at radius 3 is 2.36 bits per heavy atom. The number of methoxy groups -OCH3 is 1. The van der Waals surface area contributed by atoms with Gasteiger partial charge in [0.1, 0.15) is 17.2 Å². The molecular formula is C20H24FNO3. The molecule has 0 spiro atoms. The van der Waals surface area contributed by atoms with Crippen molar-refractivity contribution in [1.29, 1.82) is 0 Å². The van der Waals surface area contributed by atoms with Crippen LogP contribution in [0.1, 0.15) is 36.7 Å². The van der Waals surface area contributed by atoms with Gasteiger partial charge in [-0.1, -0.05) is 18.2 Å². The van der Waals surface area contributed by atoms with E-state index in [2.05, 4.69) is 5.32 Å². The van der Waals surface area contributed by atoms with E-state index in [4.69, 9.17) is 9.47 Å². The van der Waals surface area contributed by atoms with Gasteiger partial charge < -0.3 is 14.8 Å². The second kappa shape index (κ2) is 8.12. The van der Waals surface area contributed by atoms with Crippen LogP contribution in [0, 0.1) is 5.82 Å². The van der Waals surface area contributed by atoms with Gasteiger partial charge in [-0.25, -0.2) is 4.39 Å². The molecule has 0 radical (unpaired) electrons. The van der Waals surface area contributed by atoms with Crippen molar-refractivity contribution in [2.24, 2.45) is 0 Å². The third-order valence-electron chi connectivity index (χ3n) is 3.97. The molecule has 4 nitrogen and oxygen atoms in total. The molecule has 0 fully saturated rings. The third-order valence-corrected chi connectivity index (χ3v) is 3.97. The van der Waals surface area contributed by atoms with Crippen molar-refractivity contribution < 1.29 is 18.7 Å². The topological polar surface area (TPSA) is 47.6 Å². The van der Waals surface area contributed by atoms with E-state index in [0.29, 0.717) is 16.9 Å². The summed E-state index contributed by atoms with van der Waals surface area (Å²) in [6.07, 6.45) is 0.0721. The zero-order valence-corrected chi connectivity index (χ0v) is 15.0. The molecular weight excluding hydrogens is 321 g/mol. The Labute approximate surface area is 148 Å². The van der Waals surface area contributed by atoms with Crippen LogP contribution in [0.2, 0.25) is 0 Å². The summed E-state index contributed by atoms with van der Waals surface area (Å²) in [5, 5.41) is 2.81. The van der Waals surface area contributed by atoms with Gasteiger partial charge in [0.2, 0.25) is 0 Å². The summed E-state index contributed by atoms with van der Waals surface area (Å²) in [5.74, 6) is 0.0895. The summed E-state index contributed by atoms with van der Waals surface area (Å²) in [4.78, 5) is 12.4. The Hall–Kier alpha value is -2.40. The summed E-state index contributed by atoms with van der Waals surface area (Å²) in [5.41, 5.74) is -0.0524. The second-order valence-corrected chi connectivity index (χ2v) is 6.29. The third kappa shape index (κ3) is 4.79. The summed E-state index contributed by atoms with van der Waals surface area (Å²) in [6.45, 7) is 5.77. The fourth-order valence-electron chi connectivity index (χ4n) is 2.48. The molecule has 1 atom stereocenters.